The Morgan fingerprint density at radius 2 is 1.62 bits per heavy atom. The molecule has 13 heavy (non-hydrogen) atoms. The molecule has 0 saturated carbocycles. The highest BCUT2D eigenvalue weighted by molar-refractivity contribution is 9.09. The lowest BCUT2D eigenvalue weighted by Crippen LogP contribution is -2.25. The second-order valence-electron chi connectivity index (χ2n) is 2.66. The molecule has 0 heterocycles. The Labute approximate surface area is 87.0 Å². The predicted molar refractivity (Wildman–Crippen MR) is 53.1 cm³/mol. The maximum absolute atomic E-state index is 9.22. The van der Waals surface area contributed by atoms with Crippen LogP contribution in [0.3, 0.4) is 0 Å². The Bertz CT molecular complexity index is 112. The molecule has 0 amide bonds. The first kappa shape index (κ1) is 13.3. The summed E-state index contributed by atoms with van der Waals surface area (Å²) in [6, 6.07) is 0. The fraction of sp³-hybridized carbons (Fsp3) is 1.00. The Balaban J connectivity index is 3.21. The van der Waals surface area contributed by atoms with Crippen LogP contribution in [0.1, 0.15) is 6.92 Å². The van der Waals surface area contributed by atoms with E-state index in [1.807, 2.05) is 6.92 Å². The second kappa shape index (κ2) is 8.90. The lowest BCUT2D eigenvalue weighted by molar-refractivity contribution is -0.0337. The molecule has 0 radical (unpaired) electrons. The molecule has 0 bridgehead atoms. The summed E-state index contributed by atoms with van der Waals surface area (Å²) in [5.74, 6) is 0. The Hall–Kier alpha value is 0.320. The molecule has 0 fully saturated rings. The summed E-state index contributed by atoms with van der Waals surface area (Å²) >= 11 is 3.11. The number of hydrogen-bond acceptors (Lipinski definition) is 4. The number of aliphatic hydroxyl groups excluding tert-OH is 2. The van der Waals surface area contributed by atoms with Gasteiger partial charge in [-0.1, -0.05) is 15.9 Å². The van der Waals surface area contributed by atoms with Crippen molar-refractivity contribution >= 4 is 15.9 Å². The largest absolute Gasteiger partial charge is 0.390 e. The van der Waals surface area contributed by atoms with Crippen molar-refractivity contribution in [3.8, 4) is 0 Å². The van der Waals surface area contributed by atoms with Crippen LogP contribution in [-0.2, 0) is 9.47 Å². The van der Waals surface area contributed by atoms with Gasteiger partial charge in [0, 0.05) is 11.9 Å². The van der Waals surface area contributed by atoms with Gasteiger partial charge < -0.3 is 19.7 Å². The summed E-state index contributed by atoms with van der Waals surface area (Å²) < 4.78 is 10.0. The topological polar surface area (TPSA) is 58.9 Å². The first-order valence-electron chi connectivity index (χ1n) is 4.28. The fourth-order valence-corrected chi connectivity index (χ4v) is 0.874. The maximum Gasteiger partial charge on any atom is 0.101 e. The van der Waals surface area contributed by atoms with Gasteiger partial charge in [0.25, 0.3) is 0 Å². The van der Waals surface area contributed by atoms with Gasteiger partial charge in [-0.15, -0.1) is 0 Å². The van der Waals surface area contributed by atoms with E-state index < -0.39 is 12.2 Å². The third kappa shape index (κ3) is 8.64. The van der Waals surface area contributed by atoms with Gasteiger partial charge in [0.2, 0.25) is 0 Å². The van der Waals surface area contributed by atoms with E-state index in [1.165, 1.54) is 0 Å². The number of alkyl halides is 1. The van der Waals surface area contributed by atoms with Crippen LogP contribution in [0.15, 0.2) is 0 Å². The number of rotatable bonds is 8. The third-order valence-electron chi connectivity index (χ3n) is 1.31. The lowest BCUT2D eigenvalue weighted by atomic mass is 10.4. The molecule has 2 unspecified atom stereocenters. The number of ether oxygens (including phenoxy) is 2. The zero-order valence-electron chi connectivity index (χ0n) is 7.78. The van der Waals surface area contributed by atoms with E-state index in [0.29, 0.717) is 11.9 Å². The minimum absolute atomic E-state index is 0.198. The normalized spacial score (nSPS) is 15.7. The molecule has 0 saturated heterocycles. The molecule has 0 aromatic heterocycles. The van der Waals surface area contributed by atoms with E-state index >= 15 is 0 Å². The van der Waals surface area contributed by atoms with Crippen molar-refractivity contribution in [2.24, 2.45) is 0 Å². The Kier molecular flexibility index (Phi) is 9.12. The minimum Gasteiger partial charge on any atom is -0.390 e. The van der Waals surface area contributed by atoms with Crippen LogP contribution in [0.25, 0.3) is 0 Å². The van der Waals surface area contributed by atoms with Gasteiger partial charge in [0.1, 0.15) is 6.10 Å². The molecule has 0 rings (SSSR count). The van der Waals surface area contributed by atoms with E-state index in [0.717, 1.165) is 0 Å². The summed E-state index contributed by atoms with van der Waals surface area (Å²) in [6.07, 6.45) is -1.12. The predicted octanol–water partition coefficient (Wildman–Crippen LogP) is 0.156. The van der Waals surface area contributed by atoms with Crippen LogP contribution in [-0.4, -0.2) is 54.2 Å². The third-order valence-corrected chi connectivity index (χ3v) is 2.06. The minimum atomic E-state index is -0.609. The standard InChI is InChI=1S/C8H17BrO4/c1-2-12-5-8(11)6-13-4-7(10)3-9/h7-8,10-11H,2-6H2,1H3. The molecule has 5 heteroatoms. The molecule has 0 aromatic rings. The first-order valence-corrected chi connectivity index (χ1v) is 5.40. The highest BCUT2D eigenvalue weighted by atomic mass is 79.9. The molecule has 2 atom stereocenters. The Morgan fingerprint density at radius 3 is 2.15 bits per heavy atom. The smallest absolute Gasteiger partial charge is 0.101 e. The van der Waals surface area contributed by atoms with Gasteiger partial charge >= 0.3 is 0 Å². The van der Waals surface area contributed by atoms with Crippen molar-refractivity contribution in [1.29, 1.82) is 0 Å². The van der Waals surface area contributed by atoms with Gasteiger partial charge in [-0.05, 0) is 6.92 Å². The molecular weight excluding hydrogens is 240 g/mol. The molecule has 4 nitrogen and oxygen atoms in total. The molecule has 0 aromatic carbocycles. The molecule has 0 aliphatic rings. The summed E-state index contributed by atoms with van der Waals surface area (Å²) in [4.78, 5) is 0. The van der Waals surface area contributed by atoms with Gasteiger partial charge in [-0.2, -0.15) is 0 Å². The van der Waals surface area contributed by atoms with E-state index in [4.69, 9.17) is 14.6 Å². The van der Waals surface area contributed by atoms with Crippen molar-refractivity contribution in [2.75, 3.05) is 31.8 Å². The number of halogens is 1. The van der Waals surface area contributed by atoms with Gasteiger partial charge in [-0.25, -0.2) is 0 Å². The molecule has 0 spiro atoms. The molecule has 2 N–H and O–H groups in total. The second-order valence-corrected chi connectivity index (χ2v) is 3.31. The van der Waals surface area contributed by atoms with Crippen molar-refractivity contribution in [1.82, 2.24) is 0 Å². The molecule has 80 valence electrons. The van der Waals surface area contributed by atoms with Gasteiger partial charge in [0.15, 0.2) is 0 Å². The van der Waals surface area contributed by atoms with Crippen LogP contribution in [0.2, 0.25) is 0 Å². The number of aliphatic hydroxyl groups is 2. The summed E-state index contributed by atoms with van der Waals surface area (Å²) in [7, 11) is 0. The zero-order chi connectivity index (χ0) is 10.1. The average Bonchev–Trinajstić information content (AvgIpc) is 2.14. The fourth-order valence-electron chi connectivity index (χ4n) is 0.687. The summed E-state index contributed by atoms with van der Waals surface area (Å²) in [5, 5.41) is 18.8. The quantitative estimate of drug-likeness (QED) is 0.608. The van der Waals surface area contributed by atoms with E-state index in [1.54, 1.807) is 0 Å². The Morgan fingerprint density at radius 1 is 1.08 bits per heavy atom. The van der Waals surface area contributed by atoms with Crippen LogP contribution < -0.4 is 0 Å². The highest BCUT2D eigenvalue weighted by Crippen LogP contribution is 1.93. The highest BCUT2D eigenvalue weighted by Gasteiger charge is 2.06. The van der Waals surface area contributed by atoms with Crippen molar-refractivity contribution in [2.45, 2.75) is 19.1 Å². The van der Waals surface area contributed by atoms with Crippen molar-refractivity contribution in [3.05, 3.63) is 0 Å². The average molecular weight is 257 g/mol. The van der Waals surface area contributed by atoms with Crippen LogP contribution in [0.4, 0.5) is 0 Å². The molecular formula is C8H17BrO4. The maximum atomic E-state index is 9.22. The molecule has 0 aliphatic heterocycles. The van der Waals surface area contributed by atoms with E-state index in [9.17, 15) is 5.11 Å². The van der Waals surface area contributed by atoms with Crippen molar-refractivity contribution in [3.63, 3.8) is 0 Å². The van der Waals surface area contributed by atoms with Crippen LogP contribution in [0.5, 0.6) is 0 Å². The van der Waals surface area contributed by atoms with Gasteiger partial charge in [-0.3, -0.25) is 0 Å². The van der Waals surface area contributed by atoms with Crippen LogP contribution >= 0.6 is 15.9 Å². The van der Waals surface area contributed by atoms with Gasteiger partial charge in [0.05, 0.1) is 25.9 Å². The monoisotopic (exact) mass is 256 g/mol. The van der Waals surface area contributed by atoms with Crippen molar-refractivity contribution < 1.29 is 19.7 Å². The zero-order valence-corrected chi connectivity index (χ0v) is 9.37. The van der Waals surface area contributed by atoms with Crippen LogP contribution in [0, 0.1) is 0 Å². The van der Waals surface area contributed by atoms with E-state index in [-0.39, 0.29) is 19.8 Å². The summed E-state index contributed by atoms with van der Waals surface area (Å²) in [6.45, 7) is 3.16. The first-order chi connectivity index (χ1) is 6.20. The molecule has 0 aliphatic carbocycles. The SMILES string of the molecule is CCOCC(O)COCC(O)CBr. The number of hydrogen-bond donors (Lipinski definition) is 2. The lowest BCUT2D eigenvalue weighted by Gasteiger charge is -2.12. The van der Waals surface area contributed by atoms with E-state index in [2.05, 4.69) is 15.9 Å². The summed E-state index contributed by atoms with van der Waals surface area (Å²) in [5.41, 5.74) is 0.